The molecule has 0 aliphatic carbocycles. The smallest absolute Gasteiger partial charge is 0.261 e. The molecule has 1 amide bonds. The zero-order chi connectivity index (χ0) is 14.0. The largest absolute Gasteiger partial charge is 0.506 e. The van der Waals surface area contributed by atoms with Crippen LogP contribution in [-0.4, -0.2) is 11.0 Å². The van der Waals surface area contributed by atoms with Crippen LogP contribution in [0.3, 0.4) is 0 Å². The Morgan fingerprint density at radius 3 is 2.37 bits per heavy atom. The van der Waals surface area contributed by atoms with Crippen LogP contribution in [0.25, 0.3) is 0 Å². The van der Waals surface area contributed by atoms with Crippen molar-refractivity contribution < 1.29 is 18.7 Å². The first-order chi connectivity index (χ1) is 8.99. The van der Waals surface area contributed by atoms with Crippen LogP contribution in [0.5, 0.6) is 5.75 Å². The third-order valence-electron chi connectivity index (χ3n) is 2.40. The molecule has 0 heterocycles. The second-order valence-corrected chi connectivity index (χ2v) is 4.63. The number of rotatable bonds is 2. The van der Waals surface area contributed by atoms with Crippen molar-refractivity contribution in [2.24, 2.45) is 0 Å². The monoisotopic (exact) mass is 327 g/mol. The van der Waals surface area contributed by atoms with Gasteiger partial charge in [-0.1, -0.05) is 22.0 Å². The van der Waals surface area contributed by atoms with Crippen molar-refractivity contribution in [2.75, 3.05) is 5.32 Å². The Kier molecular flexibility index (Phi) is 3.80. The van der Waals surface area contributed by atoms with Crippen LogP contribution in [0.15, 0.2) is 40.9 Å². The van der Waals surface area contributed by atoms with Gasteiger partial charge in [0.05, 0.1) is 5.69 Å². The van der Waals surface area contributed by atoms with Crippen LogP contribution in [0, 0.1) is 11.6 Å². The third kappa shape index (κ3) is 2.90. The minimum atomic E-state index is -0.965. The average Bonchev–Trinajstić information content (AvgIpc) is 2.32. The van der Waals surface area contributed by atoms with Gasteiger partial charge in [0.15, 0.2) is 0 Å². The molecule has 0 fully saturated rings. The van der Waals surface area contributed by atoms with Crippen LogP contribution in [0.2, 0.25) is 0 Å². The summed E-state index contributed by atoms with van der Waals surface area (Å²) >= 11 is 3.14. The molecule has 2 rings (SSSR count). The summed E-state index contributed by atoms with van der Waals surface area (Å²) in [7, 11) is 0. The van der Waals surface area contributed by atoms with E-state index in [0.717, 1.165) is 12.1 Å². The fraction of sp³-hybridized carbons (Fsp3) is 0. The zero-order valence-electron chi connectivity index (χ0n) is 9.45. The predicted molar refractivity (Wildman–Crippen MR) is 70.1 cm³/mol. The molecule has 19 heavy (non-hydrogen) atoms. The van der Waals surface area contributed by atoms with E-state index in [9.17, 15) is 18.7 Å². The van der Waals surface area contributed by atoms with Crippen molar-refractivity contribution in [2.45, 2.75) is 0 Å². The molecular formula is C13H8BrF2NO2. The molecule has 0 atom stereocenters. The first-order valence-corrected chi connectivity index (χ1v) is 6.02. The van der Waals surface area contributed by atoms with Gasteiger partial charge in [-0.05, 0) is 30.3 Å². The number of carbonyl (C=O) groups excluding carboxylic acids is 1. The van der Waals surface area contributed by atoms with E-state index >= 15 is 0 Å². The molecule has 6 heteroatoms. The molecule has 0 radical (unpaired) electrons. The lowest BCUT2D eigenvalue weighted by atomic mass is 10.1. The molecule has 0 aliphatic rings. The van der Waals surface area contributed by atoms with Crippen molar-refractivity contribution in [3.8, 4) is 5.75 Å². The highest BCUT2D eigenvalue weighted by molar-refractivity contribution is 9.10. The number of nitrogens with one attached hydrogen (secondary N) is 1. The molecule has 0 spiro atoms. The maximum Gasteiger partial charge on any atom is 0.261 e. The number of anilines is 1. The fourth-order valence-electron chi connectivity index (χ4n) is 1.51. The predicted octanol–water partition coefficient (Wildman–Crippen LogP) is 3.69. The number of hydrogen-bond acceptors (Lipinski definition) is 2. The number of aromatic hydroxyl groups is 1. The Hall–Kier alpha value is -1.95. The van der Waals surface area contributed by atoms with Gasteiger partial charge >= 0.3 is 0 Å². The van der Waals surface area contributed by atoms with Crippen molar-refractivity contribution in [1.29, 1.82) is 0 Å². The van der Waals surface area contributed by atoms with Crippen LogP contribution in [-0.2, 0) is 0 Å². The van der Waals surface area contributed by atoms with Crippen LogP contribution < -0.4 is 5.32 Å². The summed E-state index contributed by atoms with van der Waals surface area (Å²) in [4.78, 5) is 11.8. The molecule has 2 N–H and O–H groups in total. The lowest BCUT2D eigenvalue weighted by molar-refractivity contribution is 0.101. The SMILES string of the molecule is O=C(Nc1ccc(Br)cc1O)c1c(F)cccc1F. The van der Waals surface area contributed by atoms with Gasteiger partial charge in [0.2, 0.25) is 0 Å². The van der Waals surface area contributed by atoms with E-state index in [-0.39, 0.29) is 11.4 Å². The maximum absolute atomic E-state index is 13.4. The Morgan fingerprint density at radius 2 is 1.79 bits per heavy atom. The number of phenolic OH excluding ortho intramolecular Hbond substituents is 1. The number of halogens is 3. The van der Waals surface area contributed by atoms with Gasteiger partial charge in [-0.15, -0.1) is 0 Å². The van der Waals surface area contributed by atoms with E-state index in [1.165, 1.54) is 18.2 Å². The third-order valence-corrected chi connectivity index (χ3v) is 2.89. The van der Waals surface area contributed by atoms with E-state index in [2.05, 4.69) is 21.2 Å². The number of carbonyl (C=O) groups is 1. The van der Waals surface area contributed by atoms with Gasteiger partial charge in [-0.2, -0.15) is 0 Å². The lowest BCUT2D eigenvalue weighted by Gasteiger charge is -2.08. The summed E-state index contributed by atoms with van der Waals surface area (Å²) in [6, 6.07) is 7.48. The van der Waals surface area contributed by atoms with Gasteiger partial charge in [0, 0.05) is 4.47 Å². The number of amides is 1. The van der Waals surface area contributed by atoms with E-state index < -0.39 is 23.1 Å². The van der Waals surface area contributed by atoms with Gasteiger partial charge in [0.1, 0.15) is 22.9 Å². The van der Waals surface area contributed by atoms with E-state index in [1.54, 1.807) is 6.07 Å². The molecule has 2 aromatic carbocycles. The van der Waals surface area contributed by atoms with Gasteiger partial charge in [0.25, 0.3) is 5.91 Å². The minimum Gasteiger partial charge on any atom is -0.506 e. The summed E-state index contributed by atoms with van der Waals surface area (Å²) in [5, 5.41) is 11.8. The second-order valence-electron chi connectivity index (χ2n) is 3.71. The molecule has 0 saturated carbocycles. The summed E-state index contributed by atoms with van der Waals surface area (Å²) in [5.41, 5.74) is -0.624. The standard InChI is InChI=1S/C13H8BrF2NO2/c14-7-4-5-10(11(18)6-7)17-13(19)12-8(15)2-1-3-9(12)16/h1-6,18H,(H,17,19). The topological polar surface area (TPSA) is 49.3 Å². The normalized spacial score (nSPS) is 10.3. The molecule has 0 saturated heterocycles. The highest BCUT2D eigenvalue weighted by atomic mass is 79.9. The summed E-state index contributed by atoms with van der Waals surface area (Å²) < 4.78 is 27.4. The van der Waals surface area contributed by atoms with Crippen molar-refractivity contribution in [3.63, 3.8) is 0 Å². The van der Waals surface area contributed by atoms with Crippen molar-refractivity contribution in [3.05, 3.63) is 58.1 Å². The maximum atomic E-state index is 13.4. The van der Waals surface area contributed by atoms with Gasteiger partial charge < -0.3 is 10.4 Å². The molecule has 3 nitrogen and oxygen atoms in total. The Balaban J connectivity index is 2.31. The Morgan fingerprint density at radius 1 is 1.16 bits per heavy atom. The summed E-state index contributed by atoms with van der Waals surface area (Å²) in [6.45, 7) is 0. The van der Waals surface area contributed by atoms with Gasteiger partial charge in [-0.3, -0.25) is 4.79 Å². The number of benzene rings is 2. The van der Waals surface area contributed by atoms with Gasteiger partial charge in [-0.25, -0.2) is 8.78 Å². The first-order valence-electron chi connectivity index (χ1n) is 5.23. The second kappa shape index (κ2) is 5.36. The van der Waals surface area contributed by atoms with Crippen LogP contribution >= 0.6 is 15.9 Å². The number of phenols is 1. The Bertz CT molecular complexity index is 626. The highest BCUT2D eigenvalue weighted by Crippen LogP contribution is 2.27. The molecule has 0 bridgehead atoms. The molecule has 0 aromatic heterocycles. The van der Waals surface area contributed by atoms with Crippen LogP contribution in [0.1, 0.15) is 10.4 Å². The average molecular weight is 328 g/mol. The fourth-order valence-corrected chi connectivity index (χ4v) is 1.86. The summed E-state index contributed by atoms with van der Waals surface area (Å²) in [6.07, 6.45) is 0. The highest BCUT2D eigenvalue weighted by Gasteiger charge is 2.18. The molecule has 2 aromatic rings. The molecule has 0 unspecified atom stereocenters. The number of hydrogen-bond donors (Lipinski definition) is 2. The molecule has 98 valence electrons. The van der Waals surface area contributed by atoms with Crippen molar-refractivity contribution >= 4 is 27.5 Å². The van der Waals surface area contributed by atoms with E-state index in [0.29, 0.717) is 4.47 Å². The quantitative estimate of drug-likeness (QED) is 0.826. The zero-order valence-corrected chi connectivity index (χ0v) is 11.0. The molecule has 0 aliphatic heterocycles. The lowest BCUT2D eigenvalue weighted by Crippen LogP contribution is -2.15. The van der Waals surface area contributed by atoms with E-state index in [4.69, 9.17) is 0 Å². The Labute approximate surface area is 116 Å². The first kappa shape index (κ1) is 13.5. The molecular weight excluding hydrogens is 320 g/mol. The van der Waals surface area contributed by atoms with Crippen molar-refractivity contribution in [1.82, 2.24) is 0 Å². The summed E-state index contributed by atoms with van der Waals surface area (Å²) in [5.74, 6) is -3.10. The van der Waals surface area contributed by atoms with E-state index in [1.807, 2.05) is 0 Å². The van der Waals surface area contributed by atoms with Crippen LogP contribution in [0.4, 0.5) is 14.5 Å². The minimum absolute atomic E-state index is 0.0656.